The lowest BCUT2D eigenvalue weighted by molar-refractivity contribution is -0.120. The highest BCUT2D eigenvalue weighted by molar-refractivity contribution is 8.00. The summed E-state index contributed by atoms with van der Waals surface area (Å²) in [5.74, 6) is 0.874. The highest BCUT2D eigenvalue weighted by atomic mass is 32.2. The molecule has 1 saturated heterocycles. The lowest BCUT2D eigenvalue weighted by Crippen LogP contribution is -2.55. The minimum absolute atomic E-state index is 0.0663. The van der Waals surface area contributed by atoms with Gasteiger partial charge < -0.3 is 15.1 Å². The second-order valence-corrected chi connectivity index (χ2v) is 8.29. The van der Waals surface area contributed by atoms with Crippen molar-refractivity contribution in [2.75, 3.05) is 37.6 Å². The van der Waals surface area contributed by atoms with Gasteiger partial charge in [-0.15, -0.1) is 11.8 Å². The minimum Gasteiger partial charge on any atom is -0.357 e. The maximum atomic E-state index is 12.7. The summed E-state index contributed by atoms with van der Waals surface area (Å²) in [7, 11) is 1.86. The Kier molecular flexibility index (Phi) is 6.97. The number of carbonyl (C=O) groups excluding carboxylic acids is 1. The number of aliphatic imine (C=N–C) groups is 1. The summed E-state index contributed by atoms with van der Waals surface area (Å²) in [6.07, 6.45) is 3.60. The van der Waals surface area contributed by atoms with Gasteiger partial charge in [-0.2, -0.15) is 5.10 Å². The lowest BCUT2D eigenvalue weighted by Gasteiger charge is -2.35. The maximum absolute atomic E-state index is 12.7. The van der Waals surface area contributed by atoms with Gasteiger partial charge in [-0.25, -0.2) is 0 Å². The molecule has 0 bridgehead atoms. The summed E-state index contributed by atoms with van der Waals surface area (Å²) in [6.45, 7) is 7.38. The van der Waals surface area contributed by atoms with Crippen molar-refractivity contribution >= 4 is 29.3 Å². The number of nitrogens with zero attached hydrogens (tertiary/aromatic N) is 5. The first-order valence-electron chi connectivity index (χ1n) is 9.60. The number of anilines is 1. The van der Waals surface area contributed by atoms with E-state index in [-0.39, 0.29) is 5.91 Å². The van der Waals surface area contributed by atoms with Gasteiger partial charge in [0.15, 0.2) is 5.96 Å². The minimum atomic E-state index is 0.0663. The molecule has 150 valence electrons. The van der Waals surface area contributed by atoms with E-state index in [1.54, 1.807) is 15.8 Å². The number of aryl methyl sites for hydroxylation is 1. The standard InChI is InChI=1S/C20H28N6OS/c1-4-21-20(22-12-16(2)28-18-8-6-5-7-9-18)25-10-11-26(19(27)15-25)17-13-23-24(3)14-17/h5-9,13-14,16H,4,10-12,15H2,1-3H3,(H,21,22). The predicted molar refractivity (Wildman–Crippen MR) is 115 cm³/mol. The number of rotatable bonds is 6. The molecule has 1 unspecified atom stereocenters. The summed E-state index contributed by atoms with van der Waals surface area (Å²) in [6, 6.07) is 10.4. The van der Waals surface area contributed by atoms with Crippen LogP contribution in [0.3, 0.4) is 0 Å². The number of hydrogen-bond acceptors (Lipinski definition) is 4. The number of aromatic nitrogens is 2. The molecule has 1 atom stereocenters. The molecule has 2 heterocycles. The Hall–Kier alpha value is -2.48. The average Bonchev–Trinajstić information content (AvgIpc) is 3.12. The number of amides is 1. The zero-order valence-corrected chi connectivity index (χ0v) is 17.5. The Morgan fingerprint density at radius 1 is 1.32 bits per heavy atom. The van der Waals surface area contributed by atoms with E-state index in [1.807, 2.05) is 42.9 Å². The Morgan fingerprint density at radius 3 is 2.75 bits per heavy atom. The Bertz CT molecular complexity index is 806. The normalized spacial score (nSPS) is 16.4. The molecule has 1 aromatic heterocycles. The van der Waals surface area contributed by atoms with E-state index in [4.69, 9.17) is 4.99 Å². The molecule has 1 amide bonds. The van der Waals surface area contributed by atoms with Crippen LogP contribution in [0.25, 0.3) is 0 Å². The zero-order valence-electron chi connectivity index (χ0n) is 16.7. The molecule has 1 fully saturated rings. The van der Waals surface area contributed by atoms with Crippen molar-refractivity contribution in [3.8, 4) is 0 Å². The third-order valence-electron chi connectivity index (χ3n) is 4.44. The summed E-state index contributed by atoms with van der Waals surface area (Å²) in [4.78, 5) is 22.5. The lowest BCUT2D eigenvalue weighted by atomic mass is 10.3. The second-order valence-electron chi connectivity index (χ2n) is 6.78. The van der Waals surface area contributed by atoms with Gasteiger partial charge in [-0.3, -0.25) is 14.5 Å². The van der Waals surface area contributed by atoms with Crippen LogP contribution in [0.5, 0.6) is 0 Å². The molecule has 1 N–H and O–H groups in total. The first kappa shape index (κ1) is 20.3. The third-order valence-corrected chi connectivity index (χ3v) is 5.53. The van der Waals surface area contributed by atoms with Crippen molar-refractivity contribution in [3.63, 3.8) is 0 Å². The Morgan fingerprint density at radius 2 is 2.11 bits per heavy atom. The van der Waals surface area contributed by atoms with E-state index in [9.17, 15) is 4.79 Å². The second kappa shape index (κ2) is 9.64. The highest BCUT2D eigenvalue weighted by Crippen LogP contribution is 2.23. The van der Waals surface area contributed by atoms with Crippen molar-refractivity contribution in [1.29, 1.82) is 0 Å². The fraction of sp³-hybridized carbons (Fsp3) is 0.450. The quantitative estimate of drug-likeness (QED) is 0.458. The fourth-order valence-corrected chi connectivity index (χ4v) is 4.01. The monoisotopic (exact) mass is 400 g/mol. The molecule has 3 rings (SSSR count). The van der Waals surface area contributed by atoms with Gasteiger partial charge in [0.05, 0.1) is 18.4 Å². The van der Waals surface area contributed by atoms with Crippen LogP contribution in [0.4, 0.5) is 5.69 Å². The van der Waals surface area contributed by atoms with Crippen LogP contribution in [0.2, 0.25) is 0 Å². The largest absolute Gasteiger partial charge is 0.357 e. The SMILES string of the molecule is CCNC(=NCC(C)Sc1ccccc1)N1CCN(c2cnn(C)c2)C(=O)C1. The van der Waals surface area contributed by atoms with Crippen LogP contribution < -0.4 is 10.2 Å². The van der Waals surface area contributed by atoms with Gasteiger partial charge in [-0.1, -0.05) is 25.1 Å². The molecule has 0 saturated carbocycles. The number of nitrogens with one attached hydrogen (secondary N) is 1. The number of benzene rings is 1. The van der Waals surface area contributed by atoms with Crippen LogP contribution in [0.15, 0.2) is 52.6 Å². The number of guanidine groups is 1. The van der Waals surface area contributed by atoms with Crippen molar-refractivity contribution < 1.29 is 4.79 Å². The smallest absolute Gasteiger partial charge is 0.246 e. The van der Waals surface area contributed by atoms with Gasteiger partial charge in [0.2, 0.25) is 5.91 Å². The molecule has 8 heteroatoms. The van der Waals surface area contributed by atoms with Crippen molar-refractivity contribution in [2.24, 2.45) is 12.0 Å². The van der Waals surface area contributed by atoms with Gasteiger partial charge >= 0.3 is 0 Å². The Labute approximate surface area is 170 Å². The van der Waals surface area contributed by atoms with E-state index in [1.165, 1.54) is 4.90 Å². The molecule has 0 aliphatic carbocycles. The molecule has 7 nitrogen and oxygen atoms in total. The number of hydrogen-bond donors (Lipinski definition) is 1. The number of carbonyl (C=O) groups is 1. The van der Waals surface area contributed by atoms with Crippen molar-refractivity contribution in [2.45, 2.75) is 24.0 Å². The van der Waals surface area contributed by atoms with E-state index in [2.05, 4.69) is 41.6 Å². The molecular weight excluding hydrogens is 372 g/mol. The molecule has 1 aliphatic heterocycles. The first-order valence-corrected chi connectivity index (χ1v) is 10.5. The van der Waals surface area contributed by atoms with Crippen LogP contribution >= 0.6 is 11.8 Å². The van der Waals surface area contributed by atoms with Crippen molar-refractivity contribution in [3.05, 3.63) is 42.7 Å². The predicted octanol–water partition coefficient (Wildman–Crippen LogP) is 2.21. The summed E-state index contributed by atoms with van der Waals surface area (Å²) in [5.41, 5.74) is 0.849. The molecule has 28 heavy (non-hydrogen) atoms. The fourth-order valence-electron chi connectivity index (χ4n) is 3.08. The van der Waals surface area contributed by atoms with Gasteiger partial charge in [0.25, 0.3) is 0 Å². The Balaban J connectivity index is 1.60. The summed E-state index contributed by atoms with van der Waals surface area (Å²) < 4.78 is 1.71. The number of piperazine rings is 1. The van der Waals surface area contributed by atoms with E-state index < -0.39 is 0 Å². The molecular formula is C20H28N6OS. The van der Waals surface area contributed by atoms with Crippen molar-refractivity contribution in [1.82, 2.24) is 20.0 Å². The van der Waals surface area contributed by atoms with Gasteiger partial charge in [0, 0.05) is 43.0 Å². The zero-order chi connectivity index (χ0) is 19.9. The van der Waals surface area contributed by atoms with Crippen LogP contribution in [0, 0.1) is 0 Å². The van der Waals surface area contributed by atoms with E-state index in [0.717, 1.165) is 24.7 Å². The third kappa shape index (κ3) is 5.28. The topological polar surface area (TPSA) is 65.8 Å². The highest BCUT2D eigenvalue weighted by Gasteiger charge is 2.27. The van der Waals surface area contributed by atoms with Crippen LogP contribution in [0.1, 0.15) is 13.8 Å². The average molecular weight is 401 g/mol. The van der Waals surface area contributed by atoms with Gasteiger partial charge in [0.1, 0.15) is 6.54 Å². The first-order chi connectivity index (χ1) is 13.6. The number of thioether (sulfide) groups is 1. The molecule has 2 aromatic rings. The maximum Gasteiger partial charge on any atom is 0.246 e. The van der Waals surface area contributed by atoms with E-state index in [0.29, 0.717) is 24.9 Å². The molecule has 0 radical (unpaired) electrons. The molecule has 1 aliphatic rings. The molecule has 1 aromatic carbocycles. The van der Waals surface area contributed by atoms with E-state index >= 15 is 0 Å². The van der Waals surface area contributed by atoms with Crippen LogP contribution in [-0.4, -0.2) is 64.5 Å². The molecule has 0 spiro atoms. The summed E-state index contributed by atoms with van der Waals surface area (Å²) >= 11 is 1.81. The van der Waals surface area contributed by atoms with Gasteiger partial charge in [-0.05, 0) is 19.1 Å². The van der Waals surface area contributed by atoms with Crippen LogP contribution in [-0.2, 0) is 11.8 Å². The summed E-state index contributed by atoms with van der Waals surface area (Å²) in [5, 5.41) is 7.84.